The number of ether oxygens (including phenoxy) is 2. The van der Waals surface area contributed by atoms with Gasteiger partial charge in [-0.3, -0.25) is 4.79 Å². The van der Waals surface area contributed by atoms with Gasteiger partial charge in [0.15, 0.2) is 0 Å². The molecular formula is C19H31NO5. The molecule has 0 aliphatic heterocycles. The average Bonchev–Trinajstić information content (AvgIpc) is 2.58. The molecule has 0 spiro atoms. The van der Waals surface area contributed by atoms with Gasteiger partial charge < -0.3 is 25.0 Å². The lowest BCUT2D eigenvalue weighted by molar-refractivity contribution is -0.146. The number of hydrogen-bond acceptors (Lipinski definition) is 5. The van der Waals surface area contributed by atoms with Gasteiger partial charge in [0.25, 0.3) is 0 Å². The van der Waals surface area contributed by atoms with Gasteiger partial charge in [-0.25, -0.2) is 0 Å². The van der Waals surface area contributed by atoms with Crippen molar-refractivity contribution >= 4 is 5.97 Å². The summed E-state index contributed by atoms with van der Waals surface area (Å²) in [5.41, 5.74) is 1.05. The topological polar surface area (TPSA) is 88.0 Å². The molecule has 0 saturated heterocycles. The number of rotatable bonds is 12. The Bertz CT molecular complexity index is 503. The lowest BCUT2D eigenvalue weighted by Gasteiger charge is -2.18. The average molecular weight is 353 g/mol. The van der Waals surface area contributed by atoms with Crippen LogP contribution in [0.25, 0.3) is 0 Å². The summed E-state index contributed by atoms with van der Waals surface area (Å²) in [6.45, 7) is 6.54. The smallest absolute Gasteiger partial charge is 0.309 e. The third kappa shape index (κ3) is 8.34. The van der Waals surface area contributed by atoms with E-state index in [9.17, 15) is 15.0 Å². The molecule has 0 aromatic heterocycles. The molecule has 3 unspecified atom stereocenters. The number of methoxy groups -OCH3 is 1. The maximum atomic E-state index is 11.3. The maximum Gasteiger partial charge on any atom is 0.309 e. The highest BCUT2D eigenvalue weighted by Crippen LogP contribution is 2.18. The van der Waals surface area contributed by atoms with Gasteiger partial charge in [0, 0.05) is 19.7 Å². The van der Waals surface area contributed by atoms with E-state index in [0.29, 0.717) is 31.2 Å². The van der Waals surface area contributed by atoms with Crippen LogP contribution in [0.4, 0.5) is 0 Å². The van der Waals surface area contributed by atoms with Gasteiger partial charge >= 0.3 is 5.97 Å². The number of aliphatic hydroxyl groups is 1. The van der Waals surface area contributed by atoms with Gasteiger partial charge in [-0.1, -0.05) is 26.0 Å². The highest BCUT2D eigenvalue weighted by molar-refractivity contribution is 5.70. The van der Waals surface area contributed by atoms with Crippen LogP contribution in [0.5, 0.6) is 5.75 Å². The van der Waals surface area contributed by atoms with E-state index in [2.05, 4.69) is 5.32 Å². The first-order valence-electron chi connectivity index (χ1n) is 8.72. The molecule has 0 heterocycles. The molecule has 1 aromatic carbocycles. The Kier molecular flexibility index (Phi) is 9.49. The summed E-state index contributed by atoms with van der Waals surface area (Å²) in [5.74, 6) is -0.671. The standard InChI is InChI=1S/C19H31NO5/c1-13(2)20-11-16(21)12-25-17-8-5-15(6-9-17)7-10-18(19(22)23)14(3)24-4/h5-6,8-9,13-14,16,18,20-21H,7,10-12H2,1-4H3,(H,22,23). The van der Waals surface area contributed by atoms with Gasteiger partial charge in [0.1, 0.15) is 18.5 Å². The number of aliphatic carboxylic acids is 1. The van der Waals surface area contributed by atoms with E-state index in [0.717, 1.165) is 5.56 Å². The number of nitrogens with one attached hydrogen (secondary N) is 1. The summed E-state index contributed by atoms with van der Waals surface area (Å²) < 4.78 is 10.7. The first-order valence-corrected chi connectivity index (χ1v) is 8.72. The van der Waals surface area contributed by atoms with Crippen molar-refractivity contribution in [2.24, 2.45) is 5.92 Å². The van der Waals surface area contributed by atoms with Crippen LogP contribution in [0.15, 0.2) is 24.3 Å². The summed E-state index contributed by atoms with van der Waals surface area (Å²) in [6, 6.07) is 7.85. The van der Waals surface area contributed by atoms with E-state index in [1.54, 1.807) is 6.92 Å². The molecule has 6 nitrogen and oxygen atoms in total. The Morgan fingerprint density at radius 2 is 1.84 bits per heavy atom. The van der Waals surface area contributed by atoms with Gasteiger partial charge in [0.2, 0.25) is 0 Å². The Labute approximate surface area is 150 Å². The predicted octanol–water partition coefficient (Wildman–Crippen LogP) is 2.09. The van der Waals surface area contributed by atoms with Crippen LogP contribution in [0.1, 0.15) is 32.8 Å². The van der Waals surface area contributed by atoms with Crippen LogP contribution < -0.4 is 10.1 Å². The second-order valence-electron chi connectivity index (χ2n) is 6.60. The fourth-order valence-electron chi connectivity index (χ4n) is 2.42. The zero-order chi connectivity index (χ0) is 18.8. The quantitative estimate of drug-likeness (QED) is 0.533. The van der Waals surface area contributed by atoms with E-state index in [-0.39, 0.29) is 12.7 Å². The highest BCUT2D eigenvalue weighted by Gasteiger charge is 2.24. The lowest BCUT2D eigenvalue weighted by Crippen LogP contribution is -2.35. The van der Waals surface area contributed by atoms with Crippen LogP contribution in [0.3, 0.4) is 0 Å². The summed E-state index contributed by atoms with van der Waals surface area (Å²) >= 11 is 0. The van der Waals surface area contributed by atoms with Crippen LogP contribution >= 0.6 is 0 Å². The Hall–Kier alpha value is -1.63. The van der Waals surface area contributed by atoms with Gasteiger partial charge in [0.05, 0.1) is 12.0 Å². The minimum absolute atomic E-state index is 0.228. The molecular weight excluding hydrogens is 322 g/mol. The van der Waals surface area contributed by atoms with Gasteiger partial charge in [-0.2, -0.15) is 0 Å². The van der Waals surface area contributed by atoms with E-state index < -0.39 is 18.0 Å². The third-order valence-electron chi connectivity index (χ3n) is 4.13. The Morgan fingerprint density at radius 3 is 2.36 bits per heavy atom. The van der Waals surface area contributed by atoms with Crippen molar-refractivity contribution in [1.29, 1.82) is 0 Å². The monoisotopic (exact) mass is 353 g/mol. The second-order valence-corrected chi connectivity index (χ2v) is 6.60. The predicted molar refractivity (Wildman–Crippen MR) is 97.0 cm³/mol. The minimum atomic E-state index is -0.835. The van der Waals surface area contributed by atoms with Crippen molar-refractivity contribution in [3.8, 4) is 5.75 Å². The van der Waals surface area contributed by atoms with Crippen molar-refractivity contribution in [1.82, 2.24) is 5.32 Å². The minimum Gasteiger partial charge on any atom is -0.491 e. The molecule has 25 heavy (non-hydrogen) atoms. The van der Waals surface area contributed by atoms with Crippen LogP contribution in [-0.4, -0.2) is 54.7 Å². The number of aryl methyl sites for hydroxylation is 1. The molecule has 0 fully saturated rings. The Morgan fingerprint density at radius 1 is 1.20 bits per heavy atom. The normalized spacial score (nSPS) is 15.0. The van der Waals surface area contributed by atoms with E-state index in [4.69, 9.17) is 9.47 Å². The number of carbonyl (C=O) groups is 1. The molecule has 0 aliphatic carbocycles. The molecule has 0 radical (unpaired) electrons. The summed E-state index contributed by atoms with van der Waals surface area (Å²) in [7, 11) is 1.53. The molecule has 0 amide bonds. The van der Waals surface area contributed by atoms with E-state index >= 15 is 0 Å². The summed E-state index contributed by atoms with van der Waals surface area (Å²) in [5, 5.41) is 22.3. The number of carboxylic acids is 1. The number of hydrogen-bond donors (Lipinski definition) is 3. The molecule has 1 rings (SSSR count). The first-order chi connectivity index (χ1) is 11.8. The highest BCUT2D eigenvalue weighted by atomic mass is 16.5. The lowest BCUT2D eigenvalue weighted by atomic mass is 9.95. The number of benzene rings is 1. The fourth-order valence-corrected chi connectivity index (χ4v) is 2.42. The first kappa shape index (κ1) is 21.4. The molecule has 1 aromatic rings. The van der Waals surface area contributed by atoms with Crippen molar-refractivity contribution in [2.75, 3.05) is 20.3 Å². The van der Waals surface area contributed by atoms with Gasteiger partial charge in [-0.05, 0) is 37.5 Å². The van der Waals surface area contributed by atoms with Crippen LogP contribution in [0, 0.1) is 5.92 Å². The largest absolute Gasteiger partial charge is 0.491 e. The zero-order valence-electron chi connectivity index (χ0n) is 15.6. The molecule has 0 saturated carbocycles. The van der Waals surface area contributed by atoms with E-state index in [1.165, 1.54) is 7.11 Å². The van der Waals surface area contributed by atoms with Crippen molar-refractivity contribution in [3.63, 3.8) is 0 Å². The molecule has 142 valence electrons. The van der Waals surface area contributed by atoms with E-state index in [1.807, 2.05) is 38.1 Å². The molecule has 3 atom stereocenters. The summed E-state index contributed by atoms with van der Waals surface area (Å²) in [6.07, 6.45) is 0.297. The summed E-state index contributed by atoms with van der Waals surface area (Å²) in [4.78, 5) is 11.3. The van der Waals surface area contributed by atoms with Crippen LogP contribution in [0.2, 0.25) is 0 Å². The van der Waals surface area contributed by atoms with Crippen LogP contribution in [-0.2, 0) is 16.0 Å². The number of aliphatic hydroxyl groups excluding tert-OH is 1. The molecule has 6 heteroatoms. The fraction of sp³-hybridized carbons (Fsp3) is 0.632. The van der Waals surface area contributed by atoms with Crippen molar-refractivity contribution in [3.05, 3.63) is 29.8 Å². The van der Waals surface area contributed by atoms with Crippen molar-refractivity contribution < 1.29 is 24.5 Å². The molecule has 3 N–H and O–H groups in total. The second kappa shape index (κ2) is 11.1. The SMILES string of the molecule is COC(C)C(CCc1ccc(OCC(O)CNC(C)C)cc1)C(=O)O. The molecule has 0 aliphatic rings. The third-order valence-corrected chi connectivity index (χ3v) is 4.13. The zero-order valence-corrected chi connectivity index (χ0v) is 15.6. The maximum absolute atomic E-state index is 11.3. The Balaban J connectivity index is 2.44. The van der Waals surface area contributed by atoms with Gasteiger partial charge in [-0.15, -0.1) is 0 Å². The molecule has 0 bridgehead atoms. The number of carboxylic acid groups (broad SMARTS) is 1. The van der Waals surface area contributed by atoms with Crippen molar-refractivity contribution in [2.45, 2.75) is 51.9 Å².